The second-order valence-corrected chi connectivity index (χ2v) is 7.01. The molecule has 0 saturated carbocycles. The summed E-state index contributed by atoms with van der Waals surface area (Å²) in [6.45, 7) is 11.3. The number of hydrogen-bond donors (Lipinski definition) is 1. The molecule has 0 bridgehead atoms. The van der Waals surface area contributed by atoms with Gasteiger partial charge in [0, 0.05) is 26.2 Å². The number of ether oxygens (including phenoxy) is 2. The highest BCUT2D eigenvalue weighted by Crippen LogP contribution is 2.21. The molecule has 2 heterocycles. The van der Waals surface area contributed by atoms with Crippen LogP contribution < -0.4 is 5.32 Å². The highest BCUT2D eigenvalue weighted by molar-refractivity contribution is 5.80. The maximum atomic E-state index is 5.97. The SMILES string of the molecule is CCNC(=NCc1ccc(C)cc1C)N1CCOC(C2CCCO2)C1. The predicted molar refractivity (Wildman–Crippen MR) is 101 cm³/mol. The molecule has 1 N–H and O–H groups in total. The molecule has 3 rings (SSSR count). The lowest BCUT2D eigenvalue weighted by Crippen LogP contribution is -2.53. The first-order valence-electron chi connectivity index (χ1n) is 9.50. The van der Waals surface area contributed by atoms with Gasteiger partial charge in [-0.05, 0) is 44.7 Å². The van der Waals surface area contributed by atoms with Crippen LogP contribution in [0.1, 0.15) is 36.5 Å². The van der Waals surface area contributed by atoms with Crippen molar-refractivity contribution in [2.45, 2.75) is 52.4 Å². The number of rotatable bonds is 4. The molecule has 25 heavy (non-hydrogen) atoms. The van der Waals surface area contributed by atoms with Gasteiger partial charge in [-0.15, -0.1) is 0 Å². The monoisotopic (exact) mass is 345 g/mol. The van der Waals surface area contributed by atoms with Crippen molar-refractivity contribution < 1.29 is 9.47 Å². The van der Waals surface area contributed by atoms with Crippen molar-refractivity contribution in [1.29, 1.82) is 0 Å². The van der Waals surface area contributed by atoms with Crippen LogP contribution in [0.3, 0.4) is 0 Å². The van der Waals surface area contributed by atoms with E-state index >= 15 is 0 Å². The molecule has 2 unspecified atom stereocenters. The molecule has 0 spiro atoms. The Hall–Kier alpha value is -1.59. The Bertz CT molecular complexity index is 597. The van der Waals surface area contributed by atoms with Crippen LogP contribution in [-0.2, 0) is 16.0 Å². The first-order chi connectivity index (χ1) is 12.2. The quantitative estimate of drug-likeness (QED) is 0.673. The molecule has 0 radical (unpaired) electrons. The number of nitrogens with zero attached hydrogens (tertiary/aromatic N) is 2. The third-order valence-corrected chi connectivity index (χ3v) is 5.00. The van der Waals surface area contributed by atoms with Gasteiger partial charge in [0.15, 0.2) is 5.96 Å². The van der Waals surface area contributed by atoms with E-state index in [0.29, 0.717) is 6.54 Å². The number of morpholine rings is 1. The largest absolute Gasteiger partial charge is 0.375 e. The molecule has 5 nitrogen and oxygen atoms in total. The van der Waals surface area contributed by atoms with Crippen molar-refractivity contribution in [2.24, 2.45) is 4.99 Å². The molecule has 0 amide bonds. The first kappa shape index (κ1) is 18.2. The van der Waals surface area contributed by atoms with E-state index in [9.17, 15) is 0 Å². The average Bonchev–Trinajstić information content (AvgIpc) is 3.15. The summed E-state index contributed by atoms with van der Waals surface area (Å²) in [5.41, 5.74) is 3.88. The van der Waals surface area contributed by atoms with Crippen LogP contribution in [0.15, 0.2) is 23.2 Å². The minimum Gasteiger partial charge on any atom is -0.375 e. The fraction of sp³-hybridized carbons (Fsp3) is 0.650. The molecule has 1 aromatic rings. The summed E-state index contributed by atoms with van der Waals surface area (Å²) in [7, 11) is 0. The topological polar surface area (TPSA) is 46.1 Å². The Labute approximate surface area is 151 Å². The minimum absolute atomic E-state index is 0.154. The molecule has 1 aromatic carbocycles. The Kier molecular flexibility index (Phi) is 6.32. The van der Waals surface area contributed by atoms with E-state index in [2.05, 4.69) is 49.2 Å². The molecule has 2 aliphatic heterocycles. The standard InChI is InChI=1S/C20H31N3O2/c1-4-21-20(22-13-17-8-7-15(2)12-16(17)3)23-9-11-25-19(14-23)18-6-5-10-24-18/h7-8,12,18-19H,4-6,9-11,13-14H2,1-3H3,(H,21,22). The van der Waals surface area contributed by atoms with Crippen LogP contribution in [0, 0.1) is 13.8 Å². The third-order valence-electron chi connectivity index (χ3n) is 5.00. The Morgan fingerprint density at radius 3 is 2.80 bits per heavy atom. The van der Waals surface area contributed by atoms with Crippen molar-refractivity contribution in [2.75, 3.05) is 32.8 Å². The third kappa shape index (κ3) is 4.73. The van der Waals surface area contributed by atoms with E-state index < -0.39 is 0 Å². The van der Waals surface area contributed by atoms with Crippen molar-refractivity contribution in [1.82, 2.24) is 10.2 Å². The zero-order chi connectivity index (χ0) is 17.6. The maximum Gasteiger partial charge on any atom is 0.194 e. The molecular weight excluding hydrogens is 314 g/mol. The Morgan fingerprint density at radius 1 is 1.24 bits per heavy atom. The molecule has 0 aromatic heterocycles. The van der Waals surface area contributed by atoms with Crippen molar-refractivity contribution in [3.8, 4) is 0 Å². The number of hydrogen-bond acceptors (Lipinski definition) is 3. The molecule has 5 heteroatoms. The summed E-state index contributed by atoms with van der Waals surface area (Å²) in [6.07, 6.45) is 2.64. The van der Waals surface area contributed by atoms with E-state index in [1.807, 2.05) is 0 Å². The van der Waals surface area contributed by atoms with Gasteiger partial charge in [-0.25, -0.2) is 4.99 Å². The Balaban J connectivity index is 1.68. The lowest BCUT2D eigenvalue weighted by Gasteiger charge is -2.37. The number of aliphatic imine (C=N–C) groups is 1. The highest BCUT2D eigenvalue weighted by atomic mass is 16.5. The smallest absolute Gasteiger partial charge is 0.194 e. The fourth-order valence-corrected chi connectivity index (χ4v) is 3.60. The van der Waals surface area contributed by atoms with Gasteiger partial charge in [0.25, 0.3) is 0 Å². The summed E-state index contributed by atoms with van der Waals surface area (Å²) in [4.78, 5) is 7.22. The van der Waals surface area contributed by atoms with E-state index in [4.69, 9.17) is 14.5 Å². The van der Waals surface area contributed by atoms with Crippen molar-refractivity contribution in [3.63, 3.8) is 0 Å². The van der Waals surface area contributed by atoms with Crippen LogP contribution in [0.5, 0.6) is 0 Å². The van der Waals surface area contributed by atoms with Crippen LogP contribution in [0.25, 0.3) is 0 Å². The fourth-order valence-electron chi connectivity index (χ4n) is 3.60. The van der Waals surface area contributed by atoms with E-state index in [1.165, 1.54) is 16.7 Å². The number of aryl methyl sites for hydroxylation is 2. The van der Waals surface area contributed by atoms with Gasteiger partial charge < -0.3 is 19.7 Å². The van der Waals surface area contributed by atoms with E-state index in [1.54, 1.807) is 0 Å². The van der Waals surface area contributed by atoms with Gasteiger partial charge in [-0.1, -0.05) is 23.8 Å². The van der Waals surface area contributed by atoms with Gasteiger partial charge in [-0.2, -0.15) is 0 Å². The highest BCUT2D eigenvalue weighted by Gasteiger charge is 2.32. The lowest BCUT2D eigenvalue weighted by atomic mass is 10.1. The van der Waals surface area contributed by atoms with Crippen LogP contribution in [-0.4, -0.2) is 55.9 Å². The molecular formula is C20H31N3O2. The van der Waals surface area contributed by atoms with E-state index in [0.717, 1.165) is 51.6 Å². The first-order valence-corrected chi connectivity index (χ1v) is 9.50. The maximum absolute atomic E-state index is 5.97. The van der Waals surface area contributed by atoms with Gasteiger partial charge in [0.2, 0.25) is 0 Å². The summed E-state index contributed by atoms with van der Waals surface area (Å²) >= 11 is 0. The normalized spacial score (nSPS) is 24.6. The summed E-state index contributed by atoms with van der Waals surface area (Å²) in [6, 6.07) is 6.57. The second kappa shape index (κ2) is 8.68. The molecule has 138 valence electrons. The lowest BCUT2D eigenvalue weighted by molar-refractivity contribution is -0.0817. The Morgan fingerprint density at radius 2 is 2.08 bits per heavy atom. The number of benzene rings is 1. The van der Waals surface area contributed by atoms with Gasteiger partial charge in [0.05, 0.1) is 19.3 Å². The predicted octanol–water partition coefficient (Wildman–Crippen LogP) is 2.65. The molecule has 2 aliphatic rings. The minimum atomic E-state index is 0.154. The summed E-state index contributed by atoms with van der Waals surface area (Å²) in [5.74, 6) is 0.980. The summed E-state index contributed by atoms with van der Waals surface area (Å²) < 4.78 is 11.8. The summed E-state index contributed by atoms with van der Waals surface area (Å²) in [5, 5.41) is 3.44. The van der Waals surface area contributed by atoms with E-state index in [-0.39, 0.29) is 12.2 Å². The average molecular weight is 345 g/mol. The second-order valence-electron chi connectivity index (χ2n) is 7.01. The molecule has 0 aliphatic carbocycles. The van der Waals surface area contributed by atoms with Crippen LogP contribution >= 0.6 is 0 Å². The molecule has 2 saturated heterocycles. The van der Waals surface area contributed by atoms with Gasteiger partial charge >= 0.3 is 0 Å². The molecule has 2 fully saturated rings. The van der Waals surface area contributed by atoms with Gasteiger partial charge in [-0.3, -0.25) is 0 Å². The zero-order valence-corrected chi connectivity index (χ0v) is 15.8. The van der Waals surface area contributed by atoms with Crippen LogP contribution in [0.2, 0.25) is 0 Å². The molecule has 2 atom stereocenters. The van der Waals surface area contributed by atoms with Crippen molar-refractivity contribution in [3.05, 3.63) is 34.9 Å². The van der Waals surface area contributed by atoms with Crippen LogP contribution in [0.4, 0.5) is 0 Å². The van der Waals surface area contributed by atoms with Gasteiger partial charge in [0.1, 0.15) is 6.10 Å². The zero-order valence-electron chi connectivity index (χ0n) is 15.8. The number of nitrogens with one attached hydrogen (secondary N) is 1. The number of guanidine groups is 1. The van der Waals surface area contributed by atoms with Crippen molar-refractivity contribution >= 4 is 5.96 Å².